The van der Waals surface area contributed by atoms with Gasteiger partial charge in [-0.2, -0.15) is 13.2 Å². The van der Waals surface area contributed by atoms with Gasteiger partial charge in [0.05, 0.1) is 0 Å². The van der Waals surface area contributed by atoms with Gasteiger partial charge in [-0.1, -0.05) is 0 Å². The number of halogens is 5. The highest BCUT2D eigenvalue weighted by molar-refractivity contribution is 5.92. The minimum absolute atomic E-state index is 0.317. The van der Waals surface area contributed by atoms with Crippen LogP contribution in [0.2, 0.25) is 0 Å². The minimum Gasteiger partial charge on any atom is -0.503 e. The number of amides is 1. The third-order valence-corrected chi connectivity index (χ3v) is 1.54. The quantitative estimate of drug-likeness (QED) is 0.679. The maximum absolute atomic E-state index is 12.5. The molecule has 0 aliphatic rings. The predicted octanol–water partition coefficient (Wildman–Crippen LogP) is 1.40. The van der Waals surface area contributed by atoms with E-state index in [-0.39, 0.29) is 5.56 Å². The molecule has 1 amide bonds. The second kappa shape index (κ2) is 5.98. The first-order valence-corrected chi connectivity index (χ1v) is 4.24. The van der Waals surface area contributed by atoms with Crippen molar-refractivity contribution in [3.63, 3.8) is 0 Å². The fraction of sp³-hybridized carbons (Fsp3) is 0.111. The first-order valence-electron chi connectivity index (χ1n) is 4.24. The molecule has 1 rings (SSSR count). The molecular weight excluding hydrogens is 281 g/mol. The SMILES string of the molecule is NC(=O)c1cc(F)c(O)c(F)c1.O=C(O)C(F)(F)F. The zero-order valence-corrected chi connectivity index (χ0v) is 8.83. The Morgan fingerprint density at radius 3 is 1.63 bits per heavy atom. The molecule has 0 atom stereocenters. The van der Waals surface area contributed by atoms with Crippen molar-refractivity contribution >= 4 is 11.9 Å². The van der Waals surface area contributed by atoms with Crippen molar-refractivity contribution in [2.24, 2.45) is 5.73 Å². The summed E-state index contributed by atoms with van der Waals surface area (Å²) in [5.41, 5.74) is 4.43. The second-order valence-corrected chi connectivity index (χ2v) is 2.96. The van der Waals surface area contributed by atoms with Crippen LogP contribution in [0.3, 0.4) is 0 Å². The number of aliphatic carboxylic acids is 1. The first-order chi connectivity index (χ1) is 8.46. The lowest BCUT2D eigenvalue weighted by molar-refractivity contribution is -0.192. The van der Waals surface area contributed by atoms with E-state index in [1.54, 1.807) is 0 Å². The van der Waals surface area contributed by atoms with Crippen LogP contribution >= 0.6 is 0 Å². The van der Waals surface area contributed by atoms with Gasteiger partial charge in [-0.15, -0.1) is 0 Å². The summed E-state index contributed by atoms with van der Waals surface area (Å²) in [5, 5.41) is 15.7. The third-order valence-electron chi connectivity index (χ3n) is 1.54. The average molecular weight is 287 g/mol. The van der Waals surface area contributed by atoms with Gasteiger partial charge in [0.2, 0.25) is 5.91 Å². The molecule has 0 saturated carbocycles. The number of alkyl halides is 3. The van der Waals surface area contributed by atoms with Crippen LogP contribution in [0.15, 0.2) is 12.1 Å². The molecule has 0 fully saturated rings. The maximum Gasteiger partial charge on any atom is 0.490 e. The van der Waals surface area contributed by atoms with E-state index >= 15 is 0 Å². The number of benzene rings is 1. The number of primary amides is 1. The Hall–Kier alpha value is -2.39. The van der Waals surface area contributed by atoms with Crippen LogP contribution in [-0.2, 0) is 4.79 Å². The van der Waals surface area contributed by atoms with Gasteiger partial charge in [-0.05, 0) is 12.1 Å². The lowest BCUT2D eigenvalue weighted by Gasteiger charge is -1.99. The smallest absolute Gasteiger partial charge is 0.490 e. The molecule has 10 heteroatoms. The molecule has 1 aromatic rings. The Kier molecular flexibility index (Phi) is 5.23. The van der Waals surface area contributed by atoms with Gasteiger partial charge in [0.1, 0.15) is 0 Å². The van der Waals surface area contributed by atoms with Crippen LogP contribution in [0.5, 0.6) is 5.75 Å². The highest BCUT2D eigenvalue weighted by Crippen LogP contribution is 2.20. The number of phenolic OH excluding ortho intramolecular Hbond substituents is 1. The van der Waals surface area contributed by atoms with Gasteiger partial charge in [-0.25, -0.2) is 13.6 Å². The Morgan fingerprint density at radius 2 is 1.42 bits per heavy atom. The summed E-state index contributed by atoms with van der Waals surface area (Å²) in [7, 11) is 0. The molecule has 106 valence electrons. The summed E-state index contributed by atoms with van der Waals surface area (Å²) < 4.78 is 56.7. The number of aromatic hydroxyl groups is 1. The summed E-state index contributed by atoms with van der Waals surface area (Å²) >= 11 is 0. The Morgan fingerprint density at radius 1 is 1.11 bits per heavy atom. The molecule has 4 N–H and O–H groups in total. The minimum atomic E-state index is -5.08. The number of phenols is 1. The van der Waals surface area contributed by atoms with Crippen molar-refractivity contribution in [3.8, 4) is 5.75 Å². The molecule has 0 aliphatic carbocycles. The summed E-state index contributed by atoms with van der Waals surface area (Å²) in [6.45, 7) is 0. The molecule has 0 radical (unpaired) electrons. The molecule has 0 heterocycles. The number of carbonyl (C=O) groups is 2. The van der Waals surface area contributed by atoms with E-state index in [1.807, 2.05) is 0 Å². The number of carboxylic acids is 1. The van der Waals surface area contributed by atoms with E-state index < -0.39 is 35.4 Å². The van der Waals surface area contributed by atoms with Crippen molar-refractivity contribution < 1.29 is 41.8 Å². The topological polar surface area (TPSA) is 101 Å². The van der Waals surface area contributed by atoms with Crippen LogP contribution in [-0.4, -0.2) is 28.3 Å². The Labute approximate surface area is 102 Å². The third kappa shape index (κ3) is 5.19. The van der Waals surface area contributed by atoms with Crippen LogP contribution in [0.4, 0.5) is 22.0 Å². The van der Waals surface area contributed by atoms with E-state index in [1.165, 1.54) is 0 Å². The molecule has 0 spiro atoms. The lowest BCUT2D eigenvalue weighted by Crippen LogP contribution is -2.21. The molecule has 0 bridgehead atoms. The first kappa shape index (κ1) is 16.6. The molecule has 0 saturated heterocycles. The van der Waals surface area contributed by atoms with E-state index in [9.17, 15) is 26.7 Å². The van der Waals surface area contributed by atoms with Gasteiger partial charge in [-0.3, -0.25) is 4.79 Å². The number of carboxylic acid groups (broad SMARTS) is 1. The largest absolute Gasteiger partial charge is 0.503 e. The maximum atomic E-state index is 12.5. The molecule has 0 unspecified atom stereocenters. The van der Waals surface area contributed by atoms with Gasteiger partial charge in [0.15, 0.2) is 17.4 Å². The highest BCUT2D eigenvalue weighted by atomic mass is 19.4. The van der Waals surface area contributed by atoms with Crippen molar-refractivity contribution in [3.05, 3.63) is 29.3 Å². The van der Waals surface area contributed by atoms with Crippen molar-refractivity contribution in [1.82, 2.24) is 0 Å². The zero-order chi connectivity index (χ0) is 15.4. The second-order valence-electron chi connectivity index (χ2n) is 2.96. The van der Waals surface area contributed by atoms with Gasteiger partial charge in [0.25, 0.3) is 0 Å². The molecular formula is C9H6F5NO4. The molecule has 1 aromatic carbocycles. The molecule has 19 heavy (non-hydrogen) atoms. The van der Waals surface area contributed by atoms with Gasteiger partial charge < -0.3 is 15.9 Å². The number of rotatable bonds is 1. The van der Waals surface area contributed by atoms with E-state index in [0.717, 1.165) is 0 Å². The Balaban J connectivity index is 0.000000399. The van der Waals surface area contributed by atoms with E-state index in [4.69, 9.17) is 20.7 Å². The fourth-order valence-electron chi connectivity index (χ4n) is 0.708. The predicted molar refractivity (Wildman–Crippen MR) is 50.2 cm³/mol. The van der Waals surface area contributed by atoms with Gasteiger partial charge >= 0.3 is 12.1 Å². The average Bonchev–Trinajstić information content (AvgIpc) is 2.24. The zero-order valence-electron chi connectivity index (χ0n) is 8.83. The van der Waals surface area contributed by atoms with Crippen LogP contribution < -0.4 is 5.73 Å². The monoisotopic (exact) mass is 287 g/mol. The Bertz CT molecular complexity index is 477. The van der Waals surface area contributed by atoms with Crippen molar-refractivity contribution in [1.29, 1.82) is 0 Å². The summed E-state index contributed by atoms with van der Waals surface area (Å²) in [6.07, 6.45) is -5.08. The number of hydrogen-bond donors (Lipinski definition) is 3. The highest BCUT2D eigenvalue weighted by Gasteiger charge is 2.38. The number of carbonyl (C=O) groups excluding carboxylic acids is 1. The van der Waals surface area contributed by atoms with E-state index in [0.29, 0.717) is 12.1 Å². The van der Waals surface area contributed by atoms with Crippen LogP contribution in [0.25, 0.3) is 0 Å². The lowest BCUT2D eigenvalue weighted by atomic mass is 10.2. The van der Waals surface area contributed by atoms with Crippen LogP contribution in [0, 0.1) is 11.6 Å². The number of nitrogens with two attached hydrogens (primary N) is 1. The van der Waals surface area contributed by atoms with E-state index in [2.05, 4.69) is 0 Å². The normalized spacial score (nSPS) is 10.4. The number of hydrogen-bond acceptors (Lipinski definition) is 3. The summed E-state index contributed by atoms with van der Waals surface area (Å²) in [6, 6.07) is 1.33. The van der Waals surface area contributed by atoms with Gasteiger partial charge in [0, 0.05) is 5.56 Å². The van der Waals surface area contributed by atoms with Crippen molar-refractivity contribution in [2.45, 2.75) is 6.18 Å². The standard InChI is InChI=1S/C7H5F2NO2.C2HF3O2/c8-4-1-3(7(10)12)2-5(9)6(4)11;3-2(4,5)1(6)7/h1-2,11H,(H2,10,12);(H,6,7). The molecule has 0 aliphatic heterocycles. The summed E-state index contributed by atoms with van der Waals surface area (Å²) in [4.78, 5) is 19.3. The summed E-state index contributed by atoms with van der Waals surface area (Å²) in [5.74, 6) is -7.23. The van der Waals surface area contributed by atoms with Crippen LogP contribution in [0.1, 0.15) is 10.4 Å². The molecule has 0 aromatic heterocycles. The molecule has 5 nitrogen and oxygen atoms in total. The fourth-order valence-corrected chi connectivity index (χ4v) is 0.708. The van der Waals surface area contributed by atoms with Crippen molar-refractivity contribution in [2.75, 3.05) is 0 Å².